The van der Waals surface area contributed by atoms with Crippen LogP contribution in [0.2, 0.25) is 0 Å². The number of fused-ring (bicyclic) bond motifs is 1. The van der Waals surface area contributed by atoms with Gasteiger partial charge in [-0.05, 0) is 25.3 Å². The van der Waals surface area contributed by atoms with Gasteiger partial charge in [0.2, 0.25) is 0 Å². The molecule has 2 aliphatic heterocycles. The Labute approximate surface area is 144 Å². The molecule has 0 saturated carbocycles. The zero-order valence-electron chi connectivity index (χ0n) is 14.5. The van der Waals surface area contributed by atoms with Gasteiger partial charge in [-0.1, -0.05) is 29.8 Å². The molecule has 1 unspecified atom stereocenters. The second-order valence-corrected chi connectivity index (χ2v) is 7.06. The predicted octanol–water partition coefficient (Wildman–Crippen LogP) is 2.11. The monoisotopic (exact) mass is 325 g/mol. The summed E-state index contributed by atoms with van der Waals surface area (Å²) in [6, 6.07) is 9.45. The number of benzene rings is 1. The highest BCUT2D eigenvalue weighted by molar-refractivity contribution is 5.25. The molecule has 5 nitrogen and oxygen atoms in total. The summed E-state index contributed by atoms with van der Waals surface area (Å²) in [5.74, 6) is 2.36. The third-order valence-corrected chi connectivity index (χ3v) is 5.38. The molecule has 1 atom stereocenters. The van der Waals surface area contributed by atoms with E-state index in [0.717, 1.165) is 45.6 Å². The van der Waals surface area contributed by atoms with Gasteiger partial charge in [0.15, 0.2) is 0 Å². The summed E-state index contributed by atoms with van der Waals surface area (Å²) in [6.45, 7) is 7.49. The molecule has 24 heavy (non-hydrogen) atoms. The molecule has 1 aromatic carbocycles. The topological polar surface area (TPSA) is 46.0 Å². The van der Waals surface area contributed by atoms with E-state index < -0.39 is 0 Å². The van der Waals surface area contributed by atoms with Crippen LogP contribution in [0.3, 0.4) is 0 Å². The fraction of sp³-hybridized carbons (Fsp3) is 0.579. The first kappa shape index (κ1) is 15.8. The maximum absolute atomic E-state index is 4.46. The number of hydrogen-bond acceptors (Lipinski definition) is 4. The van der Waals surface area contributed by atoms with Crippen LogP contribution in [0.1, 0.15) is 41.7 Å². The molecule has 0 spiro atoms. The lowest BCUT2D eigenvalue weighted by molar-refractivity contribution is 0.162. The average molecular weight is 325 g/mol. The Kier molecular flexibility index (Phi) is 4.63. The molecule has 128 valence electrons. The minimum Gasteiger partial charge on any atom is -0.315 e. The van der Waals surface area contributed by atoms with E-state index in [-0.39, 0.29) is 0 Å². The largest absolute Gasteiger partial charge is 0.315 e. The summed E-state index contributed by atoms with van der Waals surface area (Å²) in [7, 11) is 0. The van der Waals surface area contributed by atoms with Crippen molar-refractivity contribution in [2.24, 2.45) is 0 Å². The Morgan fingerprint density at radius 2 is 2.00 bits per heavy atom. The smallest absolute Gasteiger partial charge is 0.134 e. The average Bonchev–Trinajstić information content (AvgIpc) is 3.04. The Hall–Kier alpha value is -1.72. The van der Waals surface area contributed by atoms with Gasteiger partial charge in [-0.3, -0.25) is 4.90 Å². The molecule has 0 amide bonds. The van der Waals surface area contributed by atoms with E-state index in [1.165, 1.54) is 35.6 Å². The summed E-state index contributed by atoms with van der Waals surface area (Å²) in [4.78, 5) is 2.60. The number of nitrogens with zero attached hydrogens (tertiary/aromatic N) is 4. The highest BCUT2D eigenvalue weighted by Gasteiger charge is 2.24. The highest BCUT2D eigenvalue weighted by Crippen LogP contribution is 2.23. The zero-order chi connectivity index (χ0) is 16.4. The van der Waals surface area contributed by atoms with Crippen molar-refractivity contribution in [3.05, 3.63) is 47.0 Å². The lowest BCUT2D eigenvalue weighted by Crippen LogP contribution is -2.46. The maximum Gasteiger partial charge on any atom is 0.134 e. The van der Waals surface area contributed by atoms with Gasteiger partial charge in [-0.2, -0.15) is 0 Å². The second kappa shape index (κ2) is 7.03. The van der Waals surface area contributed by atoms with Crippen LogP contribution in [0.15, 0.2) is 24.3 Å². The van der Waals surface area contributed by atoms with E-state index in [2.05, 4.69) is 56.2 Å². The SMILES string of the molecule is Cc1ccc(C2CNCCN2CCc2nnc3n2CCCC3)cc1. The van der Waals surface area contributed by atoms with Crippen molar-refractivity contribution >= 4 is 0 Å². The van der Waals surface area contributed by atoms with Crippen LogP contribution in [-0.4, -0.2) is 45.8 Å². The summed E-state index contributed by atoms with van der Waals surface area (Å²) < 4.78 is 2.35. The maximum atomic E-state index is 4.46. The fourth-order valence-electron chi connectivity index (χ4n) is 3.93. The number of nitrogens with one attached hydrogen (secondary N) is 1. The van der Waals surface area contributed by atoms with Crippen molar-refractivity contribution in [1.82, 2.24) is 25.0 Å². The van der Waals surface area contributed by atoms with Crippen LogP contribution < -0.4 is 5.32 Å². The van der Waals surface area contributed by atoms with E-state index in [9.17, 15) is 0 Å². The van der Waals surface area contributed by atoms with Gasteiger partial charge in [0.05, 0.1) is 0 Å². The van der Waals surface area contributed by atoms with E-state index in [4.69, 9.17) is 0 Å². The third kappa shape index (κ3) is 3.23. The third-order valence-electron chi connectivity index (χ3n) is 5.38. The number of piperazine rings is 1. The molecule has 2 aromatic rings. The van der Waals surface area contributed by atoms with Crippen molar-refractivity contribution in [3.8, 4) is 0 Å². The number of aryl methyl sites for hydroxylation is 2. The molecular weight excluding hydrogens is 298 g/mol. The zero-order valence-corrected chi connectivity index (χ0v) is 14.5. The normalized spacial score (nSPS) is 21.6. The number of aromatic nitrogens is 3. The van der Waals surface area contributed by atoms with Crippen molar-refractivity contribution < 1.29 is 0 Å². The molecule has 1 saturated heterocycles. The molecule has 1 aromatic heterocycles. The van der Waals surface area contributed by atoms with Crippen molar-refractivity contribution in [3.63, 3.8) is 0 Å². The summed E-state index contributed by atoms with van der Waals surface area (Å²) in [6.07, 6.45) is 4.60. The van der Waals surface area contributed by atoms with Gasteiger partial charge in [0.1, 0.15) is 11.6 Å². The Morgan fingerprint density at radius 3 is 2.88 bits per heavy atom. The summed E-state index contributed by atoms with van der Waals surface area (Å²) >= 11 is 0. The molecule has 3 heterocycles. The summed E-state index contributed by atoms with van der Waals surface area (Å²) in [5.41, 5.74) is 2.74. The fourth-order valence-corrected chi connectivity index (χ4v) is 3.93. The molecule has 0 bridgehead atoms. The van der Waals surface area contributed by atoms with E-state index in [1.54, 1.807) is 0 Å². The van der Waals surface area contributed by atoms with Crippen LogP contribution in [0, 0.1) is 6.92 Å². The molecule has 0 radical (unpaired) electrons. The first-order valence-electron chi connectivity index (χ1n) is 9.23. The summed E-state index contributed by atoms with van der Waals surface area (Å²) in [5, 5.41) is 12.4. The van der Waals surface area contributed by atoms with Crippen LogP contribution >= 0.6 is 0 Å². The molecular formula is C19H27N5. The second-order valence-electron chi connectivity index (χ2n) is 7.06. The van der Waals surface area contributed by atoms with Gasteiger partial charge >= 0.3 is 0 Å². The highest BCUT2D eigenvalue weighted by atomic mass is 15.3. The van der Waals surface area contributed by atoms with Gasteiger partial charge in [0.25, 0.3) is 0 Å². The van der Waals surface area contributed by atoms with Crippen LogP contribution in [0.5, 0.6) is 0 Å². The van der Waals surface area contributed by atoms with Gasteiger partial charge < -0.3 is 9.88 Å². The van der Waals surface area contributed by atoms with Gasteiger partial charge in [-0.25, -0.2) is 0 Å². The quantitative estimate of drug-likeness (QED) is 0.935. The van der Waals surface area contributed by atoms with E-state index in [0.29, 0.717) is 6.04 Å². The first-order chi connectivity index (χ1) is 11.8. The Morgan fingerprint density at radius 1 is 1.12 bits per heavy atom. The molecule has 4 rings (SSSR count). The van der Waals surface area contributed by atoms with Crippen LogP contribution in [0.4, 0.5) is 0 Å². The van der Waals surface area contributed by atoms with Crippen LogP contribution in [0.25, 0.3) is 0 Å². The molecule has 0 aliphatic carbocycles. The predicted molar refractivity (Wildman–Crippen MR) is 95.0 cm³/mol. The van der Waals surface area contributed by atoms with Gasteiger partial charge in [0, 0.05) is 51.6 Å². The lowest BCUT2D eigenvalue weighted by Gasteiger charge is -2.36. The number of hydrogen-bond donors (Lipinski definition) is 1. The minimum atomic E-state index is 0.461. The van der Waals surface area contributed by atoms with Crippen molar-refractivity contribution in [2.45, 2.75) is 45.2 Å². The molecule has 2 aliphatic rings. The Bertz CT molecular complexity index is 676. The van der Waals surface area contributed by atoms with Gasteiger partial charge in [-0.15, -0.1) is 10.2 Å². The van der Waals surface area contributed by atoms with Crippen molar-refractivity contribution in [2.75, 3.05) is 26.2 Å². The van der Waals surface area contributed by atoms with Crippen LogP contribution in [-0.2, 0) is 19.4 Å². The van der Waals surface area contributed by atoms with Crippen molar-refractivity contribution in [1.29, 1.82) is 0 Å². The lowest BCUT2D eigenvalue weighted by atomic mass is 10.0. The minimum absolute atomic E-state index is 0.461. The molecule has 1 N–H and O–H groups in total. The molecule has 1 fully saturated rings. The first-order valence-corrected chi connectivity index (χ1v) is 9.23. The molecule has 5 heteroatoms. The standard InChI is InChI=1S/C19H27N5/c1-15-5-7-16(8-6-15)17-14-20-10-13-23(17)12-9-19-22-21-18-4-2-3-11-24(18)19/h5-8,17,20H,2-4,9-14H2,1H3. The van der Waals surface area contributed by atoms with E-state index in [1.807, 2.05) is 0 Å². The van der Waals surface area contributed by atoms with E-state index >= 15 is 0 Å². The Balaban J connectivity index is 1.46. The number of rotatable bonds is 4.